The van der Waals surface area contributed by atoms with E-state index in [0.29, 0.717) is 24.3 Å². The molecule has 0 radical (unpaired) electrons. The summed E-state index contributed by atoms with van der Waals surface area (Å²) in [4.78, 5) is 55.0. The first-order valence-corrected chi connectivity index (χ1v) is 10.8. The van der Waals surface area contributed by atoms with E-state index in [1.165, 1.54) is 0 Å². The highest BCUT2D eigenvalue weighted by molar-refractivity contribution is 6.45. The molecule has 2 aliphatic heterocycles. The molecule has 32 heavy (non-hydrogen) atoms. The molecule has 1 atom stereocenters. The van der Waals surface area contributed by atoms with E-state index in [4.69, 9.17) is 4.74 Å². The Hall–Kier alpha value is -3.68. The van der Waals surface area contributed by atoms with Gasteiger partial charge in [-0.1, -0.05) is 55.3 Å². The lowest BCUT2D eigenvalue weighted by atomic mass is 10.0. The van der Waals surface area contributed by atoms with Crippen molar-refractivity contribution in [2.45, 2.75) is 37.8 Å². The van der Waals surface area contributed by atoms with E-state index in [2.05, 4.69) is 0 Å². The van der Waals surface area contributed by atoms with Gasteiger partial charge in [0.1, 0.15) is 18.9 Å². The van der Waals surface area contributed by atoms with Crippen LogP contribution in [-0.2, 0) is 14.4 Å². The number of anilines is 1. The van der Waals surface area contributed by atoms with Gasteiger partial charge >= 0.3 is 17.8 Å². The number of hydrogen-bond donors (Lipinski definition) is 0. The number of benzene rings is 2. The van der Waals surface area contributed by atoms with Crippen LogP contribution in [0.15, 0.2) is 54.6 Å². The van der Waals surface area contributed by atoms with Crippen molar-refractivity contribution in [2.24, 2.45) is 0 Å². The minimum atomic E-state index is -0.937. The zero-order valence-electron chi connectivity index (χ0n) is 17.5. The number of rotatable bonds is 4. The number of hydrogen-bond acceptors (Lipinski definition) is 5. The second kappa shape index (κ2) is 8.11. The molecule has 3 aliphatic rings. The molecule has 1 aliphatic carbocycles. The molecule has 2 heterocycles. The predicted molar refractivity (Wildman–Crippen MR) is 115 cm³/mol. The number of para-hydroxylation sites is 2. The molecule has 2 fully saturated rings. The van der Waals surface area contributed by atoms with E-state index in [-0.39, 0.29) is 12.6 Å². The monoisotopic (exact) mass is 433 g/mol. The van der Waals surface area contributed by atoms with Crippen LogP contribution in [0.2, 0.25) is 0 Å². The highest BCUT2D eigenvalue weighted by Crippen LogP contribution is 2.39. The molecule has 1 saturated carbocycles. The van der Waals surface area contributed by atoms with Crippen molar-refractivity contribution >= 4 is 29.4 Å². The van der Waals surface area contributed by atoms with Gasteiger partial charge in [-0.15, -0.1) is 0 Å². The summed E-state index contributed by atoms with van der Waals surface area (Å²) in [7, 11) is 0. The van der Waals surface area contributed by atoms with E-state index in [1.54, 1.807) is 23.1 Å². The summed E-state index contributed by atoms with van der Waals surface area (Å²) in [6, 6.07) is 15.2. The topological polar surface area (TPSA) is 87.2 Å². The number of carbonyl (C=O) groups excluding carboxylic acids is 4. The van der Waals surface area contributed by atoms with Crippen LogP contribution in [0, 0.1) is 0 Å². The Bertz CT molecular complexity index is 1080. The van der Waals surface area contributed by atoms with E-state index in [1.807, 2.05) is 36.4 Å². The number of urea groups is 1. The van der Waals surface area contributed by atoms with Crippen molar-refractivity contribution in [3.05, 3.63) is 60.2 Å². The number of nitrogens with zero attached hydrogens (tertiary/aromatic N) is 3. The van der Waals surface area contributed by atoms with E-state index >= 15 is 0 Å². The number of amides is 5. The molecule has 164 valence electrons. The third kappa shape index (κ3) is 3.32. The van der Waals surface area contributed by atoms with Crippen LogP contribution in [0.4, 0.5) is 10.5 Å². The number of imide groups is 2. The third-order valence-electron chi connectivity index (χ3n) is 6.35. The summed E-state index contributed by atoms with van der Waals surface area (Å²) < 4.78 is 5.88. The third-order valence-corrected chi connectivity index (χ3v) is 6.35. The summed E-state index contributed by atoms with van der Waals surface area (Å²) in [5, 5.41) is 0. The SMILES string of the molecule is O=C1C(=O)N(C2CCCC2)C(=O)N1CC(=O)N1c2ccccc2OC[C@@H]1c1ccccc1. The molecule has 5 amide bonds. The average molecular weight is 433 g/mol. The lowest BCUT2D eigenvalue weighted by molar-refractivity contribution is -0.144. The molecule has 0 aromatic heterocycles. The average Bonchev–Trinajstić information content (AvgIpc) is 3.42. The minimum Gasteiger partial charge on any atom is -0.489 e. The quantitative estimate of drug-likeness (QED) is 0.547. The Balaban J connectivity index is 1.44. The standard InChI is InChI=1S/C24H23N3O5/c28-21(14-25-22(29)23(30)26(24(25)31)17-10-4-5-11-17)27-18-12-6-7-13-20(18)32-15-19(27)16-8-2-1-3-9-16/h1-3,6-9,12-13,17,19H,4-5,10-11,14-15H2/t19-/m1/s1. The van der Waals surface area contributed by atoms with Gasteiger partial charge in [-0.2, -0.15) is 0 Å². The fourth-order valence-corrected chi connectivity index (χ4v) is 4.78. The van der Waals surface area contributed by atoms with Gasteiger partial charge in [0, 0.05) is 6.04 Å². The first-order chi connectivity index (χ1) is 15.6. The first-order valence-electron chi connectivity index (χ1n) is 10.8. The summed E-state index contributed by atoms with van der Waals surface area (Å²) in [5.41, 5.74) is 1.44. The Morgan fingerprint density at radius 3 is 2.34 bits per heavy atom. The molecular weight excluding hydrogens is 410 g/mol. The van der Waals surface area contributed by atoms with Gasteiger partial charge in [-0.3, -0.25) is 24.2 Å². The van der Waals surface area contributed by atoms with Gasteiger partial charge < -0.3 is 4.74 Å². The molecule has 0 N–H and O–H groups in total. The van der Waals surface area contributed by atoms with Crippen LogP contribution >= 0.6 is 0 Å². The molecule has 2 aromatic carbocycles. The maximum Gasteiger partial charge on any atom is 0.334 e. The van der Waals surface area contributed by atoms with Gasteiger partial charge in [0.15, 0.2) is 0 Å². The Morgan fingerprint density at radius 1 is 0.906 bits per heavy atom. The number of fused-ring (bicyclic) bond motifs is 1. The Kier molecular flexibility index (Phi) is 5.13. The van der Waals surface area contributed by atoms with Gasteiger partial charge in [-0.05, 0) is 30.5 Å². The van der Waals surface area contributed by atoms with Gasteiger partial charge in [0.2, 0.25) is 5.91 Å². The van der Waals surface area contributed by atoms with Crippen molar-refractivity contribution in [3.63, 3.8) is 0 Å². The first kappa shape index (κ1) is 20.2. The normalized spacial score (nSPS) is 21.2. The highest BCUT2D eigenvalue weighted by Gasteiger charge is 2.49. The van der Waals surface area contributed by atoms with E-state index in [0.717, 1.165) is 28.2 Å². The fourth-order valence-electron chi connectivity index (χ4n) is 4.78. The van der Waals surface area contributed by atoms with Crippen LogP contribution in [0.1, 0.15) is 37.3 Å². The second-order valence-electron chi connectivity index (χ2n) is 8.26. The van der Waals surface area contributed by atoms with E-state index in [9.17, 15) is 19.2 Å². The molecule has 5 rings (SSSR count). The van der Waals surface area contributed by atoms with Crippen LogP contribution in [0.25, 0.3) is 0 Å². The molecule has 2 aromatic rings. The predicted octanol–water partition coefficient (Wildman–Crippen LogP) is 2.89. The molecule has 1 saturated heterocycles. The number of ether oxygens (including phenoxy) is 1. The van der Waals surface area contributed by atoms with Gasteiger partial charge in [-0.25, -0.2) is 9.69 Å². The van der Waals surface area contributed by atoms with Crippen molar-refractivity contribution in [1.29, 1.82) is 0 Å². The second-order valence-corrected chi connectivity index (χ2v) is 8.26. The summed E-state index contributed by atoms with van der Waals surface area (Å²) in [5.74, 6) is -1.67. The van der Waals surface area contributed by atoms with Crippen LogP contribution in [0.3, 0.4) is 0 Å². The zero-order chi connectivity index (χ0) is 22.2. The zero-order valence-corrected chi connectivity index (χ0v) is 17.5. The molecule has 8 heteroatoms. The van der Waals surface area contributed by atoms with Crippen molar-refractivity contribution in [2.75, 3.05) is 18.1 Å². The largest absolute Gasteiger partial charge is 0.489 e. The molecule has 8 nitrogen and oxygen atoms in total. The lowest BCUT2D eigenvalue weighted by Crippen LogP contribution is -2.48. The van der Waals surface area contributed by atoms with Gasteiger partial charge in [0.05, 0.1) is 11.7 Å². The summed E-state index contributed by atoms with van der Waals surface area (Å²) in [6.45, 7) is -0.258. The van der Waals surface area contributed by atoms with Gasteiger partial charge in [0.25, 0.3) is 0 Å². The smallest absolute Gasteiger partial charge is 0.334 e. The molecule has 0 spiro atoms. The highest BCUT2D eigenvalue weighted by atomic mass is 16.5. The molecule has 0 unspecified atom stereocenters. The number of carbonyl (C=O) groups is 4. The molecule has 0 bridgehead atoms. The lowest BCUT2D eigenvalue weighted by Gasteiger charge is -2.37. The van der Waals surface area contributed by atoms with E-state index < -0.39 is 36.3 Å². The van der Waals surface area contributed by atoms with Crippen molar-refractivity contribution in [3.8, 4) is 5.75 Å². The van der Waals surface area contributed by atoms with Crippen LogP contribution in [0.5, 0.6) is 5.75 Å². The maximum absolute atomic E-state index is 13.5. The minimum absolute atomic E-state index is 0.238. The van der Waals surface area contributed by atoms with Crippen LogP contribution < -0.4 is 9.64 Å². The maximum atomic E-state index is 13.5. The van der Waals surface area contributed by atoms with Crippen molar-refractivity contribution < 1.29 is 23.9 Å². The summed E-state index contributed by atoms with van der Waals surface area (Å²) >= 11 is 0. The van der Waals surface area contributed by atoms with Crippen molar-refractivity contribution in [1.82, 2.24) is 9.80 Å². The Labute approximate surface area is 185 Å². The Morgan fingerprint density at radius 2 is 1.59 bits per heavy atom. The molecular formula is C24H23N3O5. The fraction of sp³-hybridized carbons (Fsp3) is 0.333. The summed E-state index contributed by atoms with van der Waals surface area (Å²) in [6.07, 6.45) is 3.22. The van der Waals surface area contributed by atoms with Crippen LogP contribution in [-0.4, -0.2) is 52.7 Å².